The van der Waals surface area contributed by atoms with Crippen molar-refractivity contribution in [3.63, 3.8) is 0 Å². The van der Waals surface area contributed by atoms with Gasteiger partial charge in [-0.25, -0.2) is 0 Å². The number of pyridine rings is 1. The van der Waals surface area contributed by atoms with Crippen LogP contribution in [0.3, 0.4) is 0 Å². The van der Waals surface area contributed by atoms with Crippen LogP contribution < -0.4 is 0 Å². The molecule has 1 N–H and O–H groups in total. The van der Waals surface area contributed by atoms with Gasteiger partial charge >= 0.3 is 12.1 Å². The van der Waals surface area contributed by atoms with Crippen LogP contribution in [0, 0.1) is 0 Å². The number of halogens is 3. The molecular weight excluding hydrogens is 265 g/mol. The highest BCUT2D eigenvalue weighted by Crippen LogP contribution is 2.17. The molecule has 0 aromatic carbocycles. The summed E-state index contributed by atoms with van der Waals surface area (Å²) < 4.78 is 36.8. The summed E-state index contributed by atoms with van der Waals surface area (Å²) in [6, 6.07) is 3.06. The first-order valence-corrected chi connectivity index (χ1v) is 5.23. The molecule has 1 aromatic heterocycles. The van der Waals surface area contributed by atoms with Crippen molar-refractivity contribution < 1.29 is 27.9 Å². The number of carbonyl (C=O) groups excluding carboxylic acids is 1. The fourth-order valence-electron chi connectivity index (χ4n) is 1.40. The molecule has 104 valence electrons. The number of alkyl halides is 3. The van der Waals surface area contributed by atoms with E-state index in [1.54, 1.807) is 0 Å². The van der Waals surface area contributed by atoms with Crippen LogP contribution >= 0.6 is 0 Å². The lowest BCUT2D eigenvalue weighted by molar-refractivity contribution is -0.165. The maximum absolute atomic E-state index is 12.3. The van der Waals surface area contributed by atoms with Crippen LogP contribution in [0.2, 0.25) is 0 Å². The third-order valence-corrected chi connectivity index (χ3v) is 2.13. The first-order chi connectivity index (χ1) is 8.78. The Morgan fingerprint density at radius 2 is 2.05 bits per heavy atom. The number of carboxylic acid groups (broad SMARTS) is 1. The van der Waals surface area contributed by atoms with E-state index in [4.69, 9.17) is 5.11 Å². The minimum atomic E-state index is -4.64. The number of aliphatic carboxylic acids is 1. The summed E-state index contributed by atoms with van der Waals surface area (Å²) in [6.07, 6.45) is -2.17. The molecule has 0 radical (unpaired) electrons. The highest BCUT2D eigenvalue weighted by atomic mass is 19.4. The van der Waals surface area contributed by atoms with Gasteiger partial charge in [0.1, 0.15) is 13.1 Å². The van der Waals surface area contributed by atoms with E-state index in [9.17, 15) is 22.8 Å². The molecule has 0 spiro atoms. The summed E-state index contributed by atoms with van der Waals surface area (Å²) in [7, 11) is 0. The standard InChI is InChI=1S/C11H11F3N2O3/c12-11(13,14)7-16(6-10(18)19)9(17)4-8-2-1-3-15-5-8/h1-3,5H,4,6-7H2,(H,18,19). The molecule has 0 aliphatic heterocycles. The van der Waals surface area contributed by atoms with Crippen molar-refractivity contribution in [2.24, 2.45) is 0 Å². The van der Waals surface area contributed by atoms with E-state index >= 15 is 0 Å². The van der Waals surface area contributed by atoms with E-state index in [1.165, 1.54) is 24.5 Å². The van der Waals surface area contributed by atoms with E-state index in [1.807, 2.05) is 0 Å². The van der Waals surface area contributed by atoms with Crippen LogP contribution in [0.25, 0.3) is 0 Å². The average molecular weight is 276 g/mol. The summed E-state index contributed by atoms with van der Waals surface area (Å²) >= 11 is 0. The van der Waals surface area contributed by atoms with Gasteiger partial charge in [0, 0.05) is 12.4 Å². The quantitative estimate of drug-likeness (QED) is 0.874. The largest absolute Gasteiger partial charge is 0.480 e. The number of hydrogen-bond donors (Lipinski definition) is 1. The van der Waals surface area contributed by atoms with E-state index in [-0.39, 0.29) is 11.3 Å². The lowest BCUT2D eigenvalue weighted by Gasteiger charge is -2.22. The molecule has 0 saturated carbocycles. The predicted octanol–water partition coefficient (Wildman–Crippen LogP) is 1.10. The Bertz CT molecular complexity index is 448. The molecule has 0 atom stereocenters. The molecule has 5 nitrogen and oxygen atoms in total. The Kier molecular flexibility index (Phi) is 4.85. The fraction of sp³-hybridized carbons (Fsp3) is 0.364. The summed E-state index contributed by atoms with van der Waals surface area (Å²) in [5, 5.41) is 8.52. The van der Waals surface area contributed by atoms with Crippen LogP contribution in [0.5, 0.6) is 0 Å². The van der Waals surface area contributed by atoms with E-state index in [0.717, 1.165) is 0 Å². The number of carbonyl (C=O) groups is 2. The van der Waals surface area contributed by atoms with Crippen LogP contribution in [0.4, 0.5) is 13.2 Å². The molecule has 1 amide bonds. The molecule has 0 bridgehead atoms. The zero-order valence-corrected chi connectivity index (χ0v) is 9.72. The minimum absolute atomic E-state index is 0.259. The molecule has 8 heteroatoms. The van der Waals surface area contributed by atoms with Crippen molar-refractivity contribution in [3.8, 4) is 0 Å². The average Bonchev–Trinajstić information content (AvgIpc) is 2.27. The van der Waals surface area contributed by atoms with Gasteiger partial charge in [0.15, 0.2) is 0 Å². The second-order valence-electron chi connectivity index (χ2n) is 3.80. The number of aromatic nitrogens is 1. The Labute approximate surface area is 106 Å². The van der Waals surface area contributed by atoms with Gasteiger partial charge in [-0.2, -0.15) is 13.2 Å². The maximum atomic E-state index is 12.3. The van der Waals surface area contributed by atoms with Crippen molar-refractivity contribution in [3.05, 3.63) is 30.1 Å². The molecule has 19 heavy (non-hydrogen) atoms. The third-order valence-electron chi connectivity index (χ3n) is 2.13. The molecule has 0 saturated heterocycles. The fourth-order valence-corrected chi connectivity index (χ4v) is 1.40. The lowest BCUT2D eigenvalue weighted by atomic mass is 10.2. The number of nitrogens with zero attached hydrogens (tertiary/aromatic N) is 2. The first-order valence-electron chi connectivity index (χ1n) is 5.23. The van der Waals surface area contributed by atoms with Gasteiger partial charge in [-0.05, 0) is 11.6 Å². The van der Waals surface area contributed by atoms with Gasteiger partial charge in [0.2, 0.25) is 5.91 Å². The van der Waals surface area contributed by atoms with E-state index in [0.29, 0.717) is 5.56 Å². The number of rotatable bonds is 5. The second kappa shape index (κ2) is 6.17. The van der Waals surface area contributed by atoms with Gasteiger partial charge in [-0.15, -0.1) is 0 Å². The SMILES string of the molecule is O=C(O)CN(CC(F)(F)F)C(=O)Cc1cccnc1. The zero-order valence-electron chi connectivity index (χ0n) is 9.72. The van der Waals surface area contributed by atoms with Crippen LogP contribution in [-0.4, -0.2) is 46.1 Å². The highest BCUT2D eigenvalue weighted by molar-refractivity contribution is 5.83. The molecule has 0 fully saturated rings. The Morgan fingerprint density at radius 1 is 1.37 bits per heavy atom. The summed E-state index contributed by atoms with van der Waals surface area (Å²) in [5.74, 6) is -2.41. The predicted molar refractivity (Wildman–Crippen MR) is 58.2 cm³/mol. The van der Waals surface area contributed by atoms with Crippen molar-refractivity contribution in [1.29, 1.82) is 0 Å². The smallest absolute Gasteiger partial charge is 0.406 e. The van der Waals surface area contributed by atoms with Crippen LogP contribution in [-0.2, 0) is 16.0 Å². The Morgan fingerprint density at radius 3 is 2.53 bits per heavy atom. The number of carboxylic acids is 1. The zero-order chi connectivity index (χ0) is 14.5. The lowest BCUT2D eigenvalue weighted by Crippen LogP contribution is -2.42. The van der Waals surface area contributed by atoms with E-state index < -0.39 is 31.1 Å². The van der Waals surface area contributed by atoms with Gasteiger partial charge < -0.3 is 10.0 Å². The molecule has 0 aliphatic carbocycles. The Balaban J connectivity index is 2.74. The molecule has 0 aliphatic rings. The minimum Gasteiger partial charge on any atom is -0.480 e. The third kappa shape index (κ3) is 5.84. The summed E-state index contributed by atoms with van der Waals surface area (Å²) in [5.41, 5.74) is 0.421. The van der Waals surface area contributed by atoms with Gasteiger partial charge in [-0.3, -0.25) is 14.6 Å². The first kappa shape index (κ1) is 14.9. The maximum Gasteiger partial charge on any atom is 0.406 e. The summed E-state index contributed by atoms with van der Waals surface area (Å²) in [4.78, 5) is 26.1. The molecular formula is C11H11F3N2O3. The molecule has 1 rings (SSSR count). The number of hydrogen-bond acceptors (Lipinski definition) is 3. The second-order valence-corrected chi connectivity index (χ2v) is 3.80. The van der Waals surface area contributed by atoms with Crippen molar-refractivity contribution in [1.82, 2.24) is 9.88 Å². The van der Waals surface area contributed by atoms with Gasteiger partial charge in [-0.1, -0.05) is 6.07 Å². The van der Waals surface area contributed by atoms with Crippen molar-refractivity contribution in [2.45, 2.75) is 12.6 Å². The van der Waals surface area contributed by atoms with Crippen LogP contribution in [0.15, 0.2) is 24.5 Å². The van der Waals surface area contributed by atoms with E-state index in [2.05, 4.69) is 4.98 Å². The van der Waals surface area contributed by atoms with Crippen molar-refractivity contribution >= 4 is 11.9 Å². The molecule has 1 heterocycles. The highest BCUT2D eigenvalue weighted by Gasteiger charge is 2.33. The monoisotopic (exact) mass is 276 g/mol. The topological polar surface area (TPSA) is 70.5 Å². The van der Waals surface area contributed by atoms with Crippen molar-refractivity contribution in [2.75, 3.05) is 13.1 Å². The number of amides is 1. The molecule has 0 unspecified atom stereocenters. The van der Waals surface area contributed by atoms with Crippen LogP contribution in [0.1, 0.15) is 5.56 Å². The Hall–Kier alpha value is -2.12. The normalized spacial score (nSPS) is 11.1. The van der Waals surface area contributed by atoms with Gasteiger partial charge in [0.05, 0.1) is 6.42 Å². The summed E-state index contributed by atoms with van der Waals surface area (Å²) in [6.45, 7) is -2.57. The molecule has 1 aromatic rings. The van der Waals surface area contributed by atoms with Gasteiger partial charge in [0.25, 0.3) is 0 Å².